The van der Waals surface area contributed by atoms with Crippen LogP contribution in [0.4, 0.5) is 31.4 Å². The largest absolute Gasteiger partial charge is 0.481 e. The molecule has 0 saturated carbocycles. The second-order valence-corrected chi connectivity index (χ2v) is 38.7. The second kappa shape index (κ2) is 58.0. The third-order valence-electron chi connectivity index (χ3n) is 20.9. The summed E-state index contributed by atoms with van der Waals surface area (Å²) in [5.74, 6) is -11.7. The highest BCUT2D eigenvalue weighted by molar-refractivity contribution is 7.94. The standard InChI is InChI=1S/C33H45N5O10.C32H50N4O8S.C30H41N5O8/c1-33(2,3)31(46)48-20-21-10-12-23(13-11-21)36-30(45)22(8-7-16-35-32(34)47)18-25(39)24(19-29(43)44)37-26(40)9-5-4-6-17-38-27(41)14-15-28(38)42;1-7-45(42,43)19-10-8-9-13-27(38)36-28(22(2)3)26(37)20-24(12-11-18-34-31(33)41)29(39)35-25-16-14-23(15-17-25)21-44-30(40)32(4,5)6;1-18(2)26(34-23(37)16-35-24(38)12-13-25(35)39)22(36)15-20(7-6-14-32-29(31)42)27(40)33-21-10-8-19(9-11-21)17-43-28(41)30(3,4)5/h10-15,22,24H,4-9,16-20H2,1-3H3,(H,36,45)(H,37,40)(H,43,44)(H3,34,35,47);7,14-17,22,24,28H,1,8-13,18-21H2,2-6H3,(H,35,39)(H,36,38)(H3,33,34,41);8-13,18,20,26H,6-7,14-17H2,1-5H3,(H,33,40)(H,34,37)(H3,31,32,42)/t22-,24+;24-,28+;20-,26+/m100/s1. The van der Waals surface area contributed by atoms with Gasteiger partial charge in [0.1, 0.15) is 26.4 Å². The zero-order chi connectivity index (χ0) is 102. The first-order valence-electron chi connectivity index (χ1n) is 45.0. The zero-order valence-corrected chi connectivity index (χ0v) is 80.7. The molecule has 2 aliphatic heterocycles. The van der Waals surface area contributed by atoms with Crippen LogP contribution in [0.3, 0.4) is 0 Å². The van der Waals surface area contributed by atoms with Crippen molar-refractivity contribution in [2.45, 2.75) is 244 Å². The van der Waals surface area contributed by atoms with Gasteiger partial charge in [-0.2, -0.15) is 0 Å². The molecule has 40 nitrogen and oxygen atoms in total. The van der Waals surface area contributed by atoms with Crippen LogP contribution in [0.5, 0.6) is 0 Å². The Balaban J connectivity index is 0.000000526. The summed E-state index contributed by atoms with van der Waals surface area (Å²) in [6, 6.07) is 14.8. The van der Waals surface area contributed by atoms with Gasteiger partial charge in [-0.1, -0.05) is 83.5 Å². The Morgan fingerprint density at radius 1 is 0.412 bits per heavy atom. The summed E-state index contributed by atoms with van der Waals surface area (Å²) in [7, 11) is -3.28. The quantitative estimate of drug-likeness (QED) is 0.0110. The number of urea groups is 3. The molecule has 41 heteroatoms. The fraction of sp³-hybridized carbons (Fsp3) is 0.537. The first-order valence-corrected chi connectivity index (χ1v) is 46.7. The summed E-state index contributed by atoms with van der Waals surface area (Å²) >= 11 is 0. The van der Waals surface area contributed by atoms with Gasteiger partial charge >= 0.3 is 42.0 Å². The van der Waals surface area contributed by atoms with E-state index >= 15 is 0 Å². The van der Waals surface area contributed by atoms with Gasteiger partial charge in [-0.05, 0) is 191 Å². The molecule has 0 radical (unpaired) electrons. The van der Waals surface area contributed by atoms with E-state index in [2.05, 4.69) is 54.4 Å². The van der Waals surface area contributed by atoms with Gasteiger partial charge in [0.25, 0.3) is 23.6 Å². The average Bonchev–Trinajstić information content (AvgIpc) is 1.83. The lowest BCUT2D eigenvalue weighted by Crippen LogP contribution is -2.49. The first-order chi connectivity index (χ1) is 63.6. The molecular formula is C95H136N14O26S. The molecule has 136 heavy (non-hydrogen) atoms. The molecule has 16 amide bonds. The van der Waals surface area contributed by atoms with Crippen LogP contribution in [-0.2, 0) is 125 Å². The van der Waals surface area contributed by atoms with Crippen LogP contribution in [-0.4, -0.2) is 198 Å². The number of amides is 16. The van der Waals surface area contributed by atoms with E-state index < -0.39 is 164 Å². The van der Waals surface area contributed by atoms with Gasteiger partial charge in [-0.15, -0.1) is 0 Å². The number of carbonyl (C=O) groups is 20. The molecule has 2 heterocycles. The summed E-state index contributed by atoms with van der Waals surface area (Å²) in [5.41, 5.74) is 17.0. The molecule has 3 aromatic rings. The van der Waals surface area contributed by atoms with E-state index in [0.29, 0.717) is 74.0 Å². The minimum atomic E-state index is -3.28. The highest BCUT2D eigenvalue weighted by Gasteiger charge is 2.36. The molecule has 0 fully saturated rings. The van der Waals surface area contributed by atoms with Crippen molar-refractivity contribution in [3.8, 4) is 0 Å². The lowest BCUT2D eigenvalue weighted by Gasteiger charge is -2.25. The second-order valence-electron chi connectivity index (χ2n) is 36.6. The molecule has 2 aliphatic rings. The molecule has 5 rings (SSSR count). The maximum Gasteiger partial charge on any atom is 0.312 e. The Hall–Kier alpha value is -13.4. The number of Topliss-reactive ketones (excluding diaryl/α,β-unsaturated/α-hetero) is 3. The number of ether oxygens (including phenoxy) is 3. The van der Waals surface area contributed by atoms with E-state index in [-0.39, 0.29) is 151 Å². The van der Waals surface area contributed by atoms with Gasteiger partial charge in [0.2, 0.25) is 35.4 Å². The Morgan fingerprint density at radius 2 is 0.721 bits per heavy atom. The summed E-state index contributed by atoms with van der Waals surface area (Å²) in [5, 5.41) is 33.9. The maximum absolute atomic E-state index is 13.4. The summed E-state index contributed by atoms with van der Waals surface area (Å²) in [6.07, 6.45) is 7.67. The molecular weight excluding hydrogens is 1790 g/mol. The van der Waals surface area contributed by atoms with Gasteiger partial charge in [0.15, 0.2) is 27.2 Å². The van der Waals surface area contributed by atoms with Crippen LogP contribution in [0, 0.1) is 45.8 Å². The number of unbranched alkanes of at least 4 members (excludes halogenated alkanes) is 4. The molecule has 0 aromatic heterocycles. The van der Waals surface area contributed by atoms with Crippen LogP contribution < -0.4 is 65.1 Å². The zero-order valence-electron chi connectivity index (χ0n) is 79.9. The summed E-state index contributed by atoms with van der Waals surface area (Å²) in [4.78, 5) is 247. The number of nitrogens with two attached hydrogens (primary N) is 3. The van der Waals surface area contributed by atoms with Crippen LogP contribution >= 0.6 is 0 Å². The maximum atomic E-state index is 13.4. The number of imide groups is 2. The molecule has 16 N–H and O–H groups in total. The van der Waals surface area contributed by atoms with Crippen molar-refractivity contribution in [3.63, 3.8) is 0 Å². The summed E-state index contributed by atoms with van der Waals surface area (Å²) in [6.45, 7) is 26.6. The first kappa shape index (κ1) is 117. The van der Waals surface area contributed by atoms with E-state index in [1.54, 1.807) is 163 Å². The number of nitrogens with one attached hydrogen (secondary N) is 9. The number of carboxylic acids is 1. The molecule has 0 unspecified atom stereocenters. The van der Waals surface area contributed by atoms with Crippen molar-refractivity contribution < 1.29 is 124 Å². The number of hydrogen-bond acceptors (Lipinski definition) is 25. The third-order valence-corrected chi connectivity index (χ3v) is 22.3. The van der Waals surface area contributed by atoms with Crippen molar-refractivity contribution in [3.05, 3.63) is 126 Å². The van der Waals surface area contributed by atoms with E-state index in [0.717, 1.165) is 38.5 Å². The van der Waals surface area contributed by atoms with Crippen LogP contribution in [0.1, 0.15) is 222 Å². The van der Waals surface area contributed by atoms with Crippen LogP contribution in [0.25, 0.3) is 0 Å². The van der Waals surface area contributed by atoms with Crippen molar-refractivity contribution in [1.82, 2.24) is 41.7 Å². The van der Waals surface area contributed by atoms with Crippen LogP contribution in [0.2, 0.25) is 0 Å². The Bertz CT molecular complexity index is 4820. The van der Waals surface area contributed by atoms with E-state index in [1.165, 1.54) is 12.2 Å². The van der Waals surface area contributed by atoms with E-state index in [9.17, 15) is 109 Å². The minimum absolute atomic E-state index is 0.0162. The number of carboxylic acid groups (broad SMARTS) is 1. The van der Waals surface area contributed by atoms with Crippen LogP contribution in [0.15, 0.2) is 109 Å². The molecule has 0 saturated heterocycles. The predicted octanol–water partition coefficient (Wildman–Crippen LogP) is 7.99. The summed E-state index contributed by atoms with van der Waals surface area (Å²) < 4.78 is 39.0. The van der Waals surface area contributed by atoms with Gasteiger partial charge < -0.3 is 84.4 Å². The fourth-order valence-corrected chi connectivity index (χ4v) is 13.8. The van der Waals surface area contributed by atoms with Crippen molar-refractivity contribution >= 4 is 145 Å². The van der Waals surface area contributed by atoms with Gasteiger partial charge in [0, 0.05) is 123 Å². The normalized spacial score (nSPS) is 13.7. The molecule has 3 aromatic carbocycles. The highest BCUT2D eigenvalue weighted by atomic mass is 32.2. The van der Waals surface area contributed by atoms with Gasteiger partial charge in [-0.25, -0.2) is 22.8 Å². The van der Waals surface area contributed by atoms with E-state index in [1.807, 2.05) is 0 Å². The number of aliphatic carboxylic acids is 1. The number of anilines is 3. The predicted molar refractivity (Wildman–Crippen MR) is 503 cm³/mol. The highest BCUT2D eigenvalue weighted by Crippen LogP contribution is 2.27. The topological polar surface area (TPSA) is 616 Å². The number of nitrogens with zero attached hydrogens (tertiary/aromatic N) is 2. The Morgan fingerprint density at radius 3 is 1.03 bits per heavy atom. The number of ketones is 3. The number of sulfone groups is 1. The number of benzene rings is 3. The number of carbonyl (C=O) groups excluding carboxylic acids is 19. The monoisotopic (exact) mass is 1920 g/mol. The Labute approximate surface area is 793 Å². The molecule has 6 atom stereocenters. The number of hydrogen-bond donors (Lipinski definition) is 13. The number of primary amides is 3. The lowest BCUT2D eigenvalue weighted by molar-refractivity contribution is -0.155. The van der Waals surface area contributed by atoms with Crippen molar-refractivity contribution in [2.75, 3.05) is 54.4 Å². The SMILES string of the molecule is C=CS(=O)(=O)CCCCCC(=O)N[C@@H](C(=O)C[C@H](CCCNC(N)=O)C(=O)Nc1ccc(COC(=O)C(C)(C)C)cc1)C(C)C.CC(C)(C)C(=O)OCc1ccc(NC(=O)[C@H](CCCNC(N)=O)CC(=O)[C@H](CC(=O)O)NC(=O)CCCCCN2C(=O)C=CC2=O)cc1.CC(C)[C@@H](NC(=O)CN1C(=O)C=CC1=O)C(=O)C[C@H](CCCNC(N)=O)C(=O)Nc1ccc(COC(=O)C(C)(C)C)cc1. The van der Waals surface area contributed by atoms with Gasteiger partial charge in [-0.3, -0.25) is 91.3 Å². The molecule has 0 spiro atoms. The number of esters is 3. The van der Waals surface area contributed by atoms with Gasteiger partial charge in [0.05, 0.1) is 46.5 Å². The third kappa shape index (κ3) is 46.5. The van der Waals surface area contributed by atoms with Crippen molar-refractivity contribution in [2.24, 2.45) is 63.0 Å². The Kier molecular flexibility index (Phi) is 49.8. The lowest BCUT2D eigenvalue weighted by atomic mass is 9.89. The average molecular weight is 1920 g/mol. The molecule has 748 valence electrons. The smallest absolute Gasteiger partial charge is 0.312 e. The minimum Gasteiger partial charge on any atom is -0.481 e. The van der Waals surface area contributed by atoms with Crippen molar-refractivity contribution in [1.29, 1.82) is 0 Å². The molecule has 0 bridgehead atoms. The number of rotatable bonds is 55. The van der Waals surface area contributed by atoms with E-state index in [4.69, 9.17) is 31.4 Å². The fourth-order valence-electron chi connectivity index (χ4n) is 13.0. The molecule has 0 aliphatic carbocycles.